The summed E-state index contributed by atoms with van der Waals surface area (Å²) in [4.78, 5) is 37.8. The molecule has 0 saturated heterocycles. The molecule has 0 spiro atoms. The van der Waals surface area contributed by atoms with Crippen molar-refractivity contribution in [2.45, 2.75) is 25.8 Å². The Bertz CT molecular complexity index is 475. The summed E-state index contributed by atoms with van der Waals surface area (Å²) < 4.78 is 4.70. The maximum atomic E-state index is 11.8. The summed E-state index contributed by atoms with van der Waals surface area (Å²) in [6.07, 6.45) is 1.32. The fraction of sp³-hybridized carbons (Fsp3) is 0.385. The smallest absolute Gasteiger partial charge is 0.326 e. The summed E-state index contributed by atoms with van der Waals surface area (Å²) in [5.74, 6) is -2.30. The molecular formula is C13H16N2O5. The molecule has 0 aromatic carbocycles. The summed E-state index contributed by atoms with van der Waals surface area (Å²) in [5, 5.41) is 11.3. The Kier molecular flexibility index (Phi) is 6.15. The predicted octanol–water partition coefficient (Wildman–Crippen LogP) is 0.608. The normalized spacial score (nSPS) is 11.4. The van der Waals surface area contributed by atoms with E-state index in [0.29, 0.717) is 0 Å². The van der Waals surface area contributed by atoms with Crippen LogP contribution in [0, 0.1) is 0 Å². The first kappa shape index (κ1) is 15.6. The van der Waals surface area contributed by atoms with Gasteiger partial charge in [0.15, 0.2) is 0 Å². The van der Waals surface area contributed by atoms with Crippen LogP contribution >= 0.6 is 0 Å². The molecule has 108 valence electrons. The monoisotopic (exact) mass is 280 g/mol. The number of aliphatic carboxylic acids is 1. The van der Waals surface area contributed by atoms with Gasteiger partial charge in [0.1, 0.15) is 11.7 Å². The molecule has 0 aliphatic carbocycles. The fourth-order valence-electron chi connectivity index (χ4n) is 1.48. The number of nitrogens with zero attached hydrogens (tertiary/aromatic N) is 1. The topological polar surface area (TPSA) is 106 Å². The van der Waals surface area contributed by atoms with Crippen LogP contribution in [-0.2, 0) is 14.3 Å². The molecule has 1 aromatic heterocycles. The van der Waals surface area contributed by atoms with E-state index in [9.17, 15) is 14.4 Å². The number of esters is 1. The SMILES string of the molecule is CCOC(=O)CC[C@H](NC(=O)c1ccccn1)C(=O)O. The largest absolute Gasteiger partial charge is 0.480 e. The van der Waals surface area contributed by atoms with Gasteiger partial charge in [0.25, 0.3) is 5.91 Å². The summed E-state index contributed by atoms with van der Waals surface area (Å²) in [6, 6.07) is 3.58. The summed E-state index contributed by atoms with van der Waals surface area (Å²) in [6.45, 7) is 1.90. The molecule has 0 unspecified atom stereocenters. The Labute approximate surface area is 116 Å². The van der Waals surface area contributed by atoms with Gasteiger partial charge >= 0.3 is 11.9 Å². The van der Waals surface area contributed by atoms with Gasteiger partial charge in [-0.25, -0.2) is 4.79 Å². The molecule has 0 aliphatic heterocycles. The van der Waals surface area contributed by atoms with Crippen molar-refractivity contribution >= 4 is 17.8 Å². The molecule has 1 heterocycles. The summed E-state index contributed by atoms with van der Waals surface area (Å²) in [5.41, 5.74) is 0.120. The average Bonchev–Trinajstić information content (AvgIpc) is 2.44. The molecule has 0 saturated carbocycles. The summed E-state index contributed by atoms with van der Waals surface area (Å²) >= 11 is 0. The third-order valence-electron chi connectivity index (χ3n) is 2.44. The van der Waals surface area contributed by atoms with Crippen molar-refractivity contribution in [2.24, 2.45) is 0 Å². The number of rotatable bonds is 7. The highest BCUT2D eigenvalue weighted by Gasteiger charge is 2.22. The Balaban J connectivity index is 2.57. The van der Waals surface area contributed by atoms with E-state index in [1.165, 1.54) is 12.3 Å². The van der Waals surface area contributed by atoms with Gasteiger partial charge < -0.3 is 15.2 Å². The molecule has 0 radical (unpaired) electrons. The molecule has 0 bridgehead atoms. The lowest BCUT2D eigenvalue weighted by Crippen LogP contribution is -2.41. The van der Waals surface area contributed by atoms with E-state index in [0.717, 1.165) is 0 Å². The molecule has 1 amide bonds. The molecule has 1 aromatic rings. The highest BCUT2D eigenvalue weighted by Crippen LogP contribution is 2.02. The molecule has 1 atom stereocenters. The number of hydrogen-bond acceptors (Lipinski definition) is 5. The minimum absolute atomic E-state index is 0.0350. The van der Waals surface area contributed by atoms with Crippen molar-refractivity contribution in [1.82, 2.24) is 10.3 Å². The lowest BCUT2D eigenvalue weighted by molar-refractivity contribution is -0.144. The molecular weight excluding hydrogens is 264 g/mol. The molecule has 0 fully saturated rings. The van der Waals surface area contributed by atoms with E-state index in [-0.39, 0.29) is 25.1 Å². The number of hydrogen-bond donors (Lipinski definition) is 2. The first-order valence-electron chi connectivity index (χ1n) is 6.15. The zero-order valence-electron chi connectivity index (χ0n) is 11.0. The predicted molar refractivity (Wildman–Crippen MR) is 69.0 cm³/mol. The number of carbonyl (C=O) groups excluding carboxylic acids is 2. The van der Waals surface area contributed by atoms with Crippen LogP contribution in [0.2, 0.25) is 0 Å². The zero-order valence-corrected chi connectivity index (χ0v) is 11.0. The lowest BCUT2D eigenvalue weighted by atomic mass is 10.1. The highest BCUT2D eigenvalue weighted by atomic mass is 16.5. The number of nitrogens with one attached hydrogen (secondary N) is 1. The van der Waals surface area contributed by atoms with Gasteiger partial charge in [-0.1, -0.05) is 6.07 Å². The lowest BCUT2D eigenvalue weighted by Gasteiger charge is -2.13. The Morgan fingerprint density at radius 1 is 1.40 bits per heavy atom. The zero-order chi connectivity index (χ0) is 15.0. The number of carboxylic acids is 1. The van der Waals surface area contributed by atoms with Crippen molar-refractivity contribution in [3.63, 3.8) is 0 Å². The van der Waals surface area contributed by atoms with Crippen molar-refractivity contribution in [3.8, 4) is 0 Å². The van der Waals surface area contributed by atoms with Gasteiger partial charge in [-0.2, -0.15) is 0 Å². The highest BCUT2D eigenvalue weighted by molar-refractivity contribution is 5.94. The van der Waals surface area contributed by atoms with E-state index in [4.69, 9.17) is 9.84 Å². The van der Waals surface area contributed by atoms with Crippen LogP contribution in [0.5, 0.6) is 0 Å². The van der Waals surface area contributed by atoms with Crippen LogP contribution in [-0.4, -0.2) is 40.6 Å². The van der Waals surface area contributed by atoms with Gasteiger partial charge in [0, 0.05) is 12.6 Å². The molecule has 7 heteroatoms. The second kappa shape index (κ2) is 7.88. The fourth-order valence-corrected chi connectivity index (χ4v) is 1.48. The van der Waals surface area contributed by atoms with Crippen LogP contribution in [0.15, 0.2) is 24.4 Å². The van der Waals surface area contributed by atoms with Gasteiger partial charge in [-0.3, -0.25) is 14.6 Å². The number of aromatic nitrogens is 1. The van der Waals surface area contributed by atoms with Gasteiger partial charge in [-0.15, -0.1) is 0 Å². The maximum Gasteiger partial charge on any atom is 0.326 e. The maximum absolute atomic E-state index is 11.8. The van der Waals surface area contributed by atoms with E-state index in [1.54, 1.807) is 19.1 Å². The van der Waals surface area contributed by atoms with Crippen LogP contribution in [0.1, 0.15) is 30.3 Å². The molecule has 20 heavy (non-hydrogen) atoms. The first-order chi connectivity index (χ1) is 9.54. The number of amides is 1. The van der Waals surface area contributed by atoms with Crippen molar-refractivity contribution in [3.05, 3.63) is 30.1 Å². The van der Waals surface area contributed by atoms with E-state index < -0.39 is 23.9 Å². The Morgan fingerprint density at radius 3 is 2.70 bits per heavy atom. The van der Waals surface area contributed by atoms with Crippen molar-refractivity contribution < 1.29 is 24.2 Å². The average molecular weight is 280 g/mol. The third kappa shape index (κ3) is 5.05. The van der Waals surface area contributed by atoms with E-state index in [1.807, 2.05) is 0 Å². The number of carbonyl (C=O) groups is 3. The minimum atomic E-state index is -1.21. The summed E-state index contributed by atoms with van der Waals surface area (Å²) in [7, 11) is 0. The third-order valence-corrected chi connectivity index (χ3v) is 2.44. The van der Waals surface area contributed by atoms with E-state index in [2.05, 4.69) is 10.3 Å². The Hall–Kier alpha value is -2.44. The molecule has 0 aliphatic rings. The van der Waals surface area contributed by atoms with Gasteiger partial charge in [0.05, 0.1) is 6.61 Å². The molecule has 7 nitrogen and oxygen atoms in total. The van der Waals surface area contributed by atoms with E-state index >= 15 is 0 Å². The van der Waals surface area contributed by atoms with Crippen LogP contribution in [0.3, 0.4) is 0 Å². The second-order valence-corrected chi connectivity index (χ2v) is 3.92. The van der Waals surface area contributed by atoms with Gasteiger partial charge in [0.2, 0.25) is 0 Å². The van der Waals surface area contributed by atoms with Crippen LogP contribution in [0.4, 0.5) is 0 Å². The van der Waals surface area contributed by atoms with Crippen LogP contribution in [0.25, 0.3) is 0 Å². The number of carboxylic acid groups (broad SMARTS) is 1. The van der Waals surface area contributed by atoms with Gasteiger partial charge in [-0.05, 0) is 25.5 Å². The number of pyridine rings is 1. The standard InChI is InChI=1S/C13H16N2O5/c1-2-20-11(16)7-6-10(13(18)19)15-12(17)9-5-3-4-8-14-9/h3-5,8,10H,2,6-7H2,1H3,(H,15,17)(H,18,19)/t10-/m0/s1. The molecule has 2 N–H and O–H groups in total. The number of ether oxygens (including phenoxy) is 1. The van der Waals surface area contributed by atoms with Crippen molar-refractivity contribution in [2.75, 3.05) is 6.61 Å². The first-order valence-corrected chi connectivity index (χ1v) is 6.15. The Morgan fingerprint density at radius 2 is 2.15 bits per heavy atom. The molecule has 1 rings (SSSR count). The second-order valence-electron chi connectivity index (χ2n) is 3.92. The minimum Gasteiger partial charge on any atom is -0.480 e. The van der Waals surface area contributed by atoms with Crippen molar-refractivity contribution in [1.29, 1.82) is 0 Å². The van der Waals surface area contributed by atoms with Crippen LogP contribution < -0.4 is 5.32 Å². The quantitative estimate of drug-likeness (QED) is 0.709.